The van der Waals surface area contributed by atoms with E-state index in [2.05, 4.69) is 5.32 Å². The molecule has 8 aliphatic rings. The second-order valence-corrected chi connectivity index (χ2v) is 29.1. The number of carboxylic acid groups (broad SMARTS) is 2. The van der Waals surface area contributed by atoms with Crippen LogP contribution in [0.4, 0.5) is 0 Å². The van der Waals surface area contributed by atoms with Crippen molar-refractivity contribution in [3.63, 3.8) is 0 Å². The summed E-state index contributed by atoms with van der Waals surface area (Å²) in [6.45, 7) is -10.8. The SMILES string of the molecule is CC(=O)N[C@H]1[C@H](O[C@@H]2[C@H](O)[C@@H](O[C@@H]3[C@H](O)[C@@H](O[C@H]4[C@@H]([C@@H](CO)OP(=O)(O)OCCN)O[C@@](O)(C(=O)O)C[C@H]4O[C@]4(C(=O)O)C[C@@H](O)[C@@H](O)[C@@H]([C@H](O)CO)O4)O[C@H]([C@@H](O)CO)[C@H]3O[C@@H]3O[C@H](CO)[C@@H](O)[C@H](O)[C@H]3O)O[C@H]([C@@H](O)CO[C@H]3O[C@H]([C@@H](O)CO[C@@H]4O[C@H](CO)[C@H](O)[C@H](O)[C@H]4O)[C@@H](O)[C@H](O)[C@@H]3O)[C@H]2O)O[C@H](CO)[C@@H](O)[C@@H]1O. The summed E-state index contributed by atoms with van der Waals surface area (Å²) in [7, 11) is -5.69. The van der Waals surface area contributed by atoms with Crippen molar-refractivity contribution in [2.45, 2.75) is 283 Å². The van der Waals surface area contributed by atoms with Crippen molar-refractivity contribution in [2.24, 2.45) is 5.73 Å². The molecule has 0 saturated carbocycles. The molecule has 54 heteroatoms. The molecule has 8 saturated heterocycles. The van der Waals surface area contributed by atoms with Gasteiger partial charge in [-0.25, -0.2) is 14.2 Å². The number of aliphatic hydroxyl groups is 27. The number of hydrogen-bond donors (Lipinski definition) is 32. The van der Waals surface area contributed by atoms with Crippen LogP contribution in [0.25, 0.3) is 0 Å². The van der Waals surface area contributed by atoms with E-state index in [1.807, 2.05) is 0 Å². The fraction of sp³-hybridized carbons (Fsp3) is 0.949. The molecule has 8 aliphatic heterocycles. The van der Waals surface area contributed by atoms with Gasteiger partial charge in [-0.3, -0.25) is 13.8 Å². The summed E-state index contributed by atoms with van der Waals surface area (Å²) >= 11 is 0. The highest BCUT2D eigenvalue weighted by Gasteiger charge is 2.65. The number of carbonyl (C=O) groups is 3. The van der Waals surface area contributed by atoms with E-state index in [1.165, 1.54) is 0 Å². The van der Waals surface area contributed by atoms with Gasteiger partial charge >= 0.3 is 19.8 Å². The highest BCUT2D eigenvalue weighted by molar-refractivity contribution is 7.47. The zero-order chi connectivity index (χ0) is 84.1. The van der Waals surface area contributed by atoms with Crippen LogP contribution in [0.5, 0.6) is 0 Å². The van der Waals surface area contributed by atoms with Crippen molar-refractivity contribution < 1.29 is 252 Å². The van der Waals surface area contributed by atoms with Crippen LogP contribution in [0.2, 0.25) is 0 Å². The minimum absolute atomic E-state index is 0.529. The number of amides is 1. The summed E-state index contributed by atoms with van der Waals surface area (Å²) < 4.78 is 110. The molecule has 0 aromatic heterocycles. The Hall–Kier alpha value is -3.20. The maximum Gasteiger partial charge on any atom is 0.472 e. The number of carbonyl (C=O) groups excluding carboxylic acids is 1. The van der Waals surface area contributed by atoms with Gasteiger partial charge in [0.2, 0.25) is 5.91 Å². The third kappa shape index (κ3) is 21.2. The highest BCUT2D eigenvalue weighted by atomic mass is 31.2. The summed E-state index contributed by atoms with van der Waals surface area (Å²) in [5.74, 6) is -13.3. The second-order valence-electron chi connectivity index (χ2n) is 27.7. The van der Waals surface area contributed by atoms with Gasteiger partial charge in [0.05, 0.1) is 71.7 Å². The fourth-order valence-corrected chi connectivity index (χ4v) is 14.6. The molecule has 8 heterocycles. The minimum Gasteiger partial charge on any atom is -0.477 e. The molecule has 0 spiro atoms. The van der Waals surface area contributed by atoms with Crippen LogP contribution in [0, 0.1) is 0 Å². The molecule has 658 valence electrons. The van der Waals surface area contributed by atoms with E-state index in [9.17, 15) is 172 Å². The second kappa shape index (κ2) is 40.4. The van der Waals surface area contributed by atoms with Crippen molar-refractivity contribution in [2.75, 3.05) is 66.0 Å². The van der Waals surface area contributed by atoms with Crippen molar-refractivity contribution in [1.29, 1.82) is 0 Å². The average Bonchev–Trinajstić information content (AvgIpc) is 0.739. The molecule has 1 unspecified atom stereocenters. The van der Waals surface area contributed by atoms with Gasteiger partial charge < -0.3 is 235 Å². The van der Waals surface area contributed by atoms with Gasteiger partial charge in [-0.05, 0) is 0 Å². The fourth-order valence-electron chi connectivity index (χ4n) is 13.7. The van der Waals surface area contributed by atoms with E-state index in [4.69, 9.17) is 85.8 Å². The van der Waals surface area contributed by atoms with Gasteiger partial charge in [-0.15, -0.1) is 0 Å². The first-order valence-corrected chi connectivity index (χ1v) is 36.4. The quantitative estimate of drug-likeness (QED) is 0.0262. The lowest BCUT2D eigenvalue weighted by Crippen LogP contribution is -2.71. The average molecular weight is 1690 g/mol. The zero-order valence-corrected chi connectivity index (χ0v) is 60.1. The molecule has 33 N–H and O–H groups in total. The number of phosphoric acid groups is 1. The number of nitrogens with two attached hydrogens (primary N) is 1. The molecule has 0 aromatic rings. The number of carboxylic acids is 2. The third-order valence-electron chi connectivity index (χ3n) is 19.8. The summed E-state index contributed by atoms with van der Waals surface area (Å²) in [6, 6.07) is -1.99. The molecule has 0 radical (unpaired) electrons. The molecular formula is C59H101N2O51P. The number of aliphatic hydroxyl groups excluding tert-OH is 26. The van der Waals surface area contributed by atoms with E-state index in [1.54, 1.807) is 0 Å². The van der Waals surface area contributed by atoms with Crippen molar-refractivity contribution in [1.82, 2.24) is 5.32 Å². The predicted molar refractivity (Wildman–Crippen MR) is 340 cm³/mol. The van der Waals surface area contributed by atoms with Crippen LogP contribution >= 0.6 is 7.82 Å². The number of aliphatic carboxylic acids is 2. The van der Waals surface area contributed by atoms with E-state index in [0.717, 1.165) is 6.92 Å². The maximum absolute atomic E-state index is 13.6. The predicted octanol–water partition coefficient (Wildman–Crippen LogP) is -20.4. The van der Waals surface area contributed by atoms with Gasteiger partial charge in [-0.1, -0.05) is 0 Å². The molecule has 113 heavy (non-hydrogen) atoms. The molecule has 1 amide bonds. The lowest BCUT2D eigenvalue weighted by Gasteiger charge is -2.53. The molecule has 8 fully saturated rings. The van der Waals surface area contributed by atoms with Gasteiger partial charge in [0.1, 0.15) is 201 Å². The summed E-state index contributed by atoms with van der Waals surface area (Å²) in [6.07, 6.45) is -99.3. The van der Waals surface area contributed by atoms with Crippen molar-refractivity contribution in [3.8, 4) is 0 Å². The number of rotatable bonds is 35. The van der Waals surface area contributed by atoms with Crippen molar-refractivity contribution >= 4 is 25.7 Å². The first kappa shape index (κ1) is 95.3. The molecular weight excluding hydrogens is 1580 g/mol. The topological polar surface area (TPSA) is 870 Å². The van der Waals surface area contributed by atoms with Gasteiger partial charge in [0.15, 0.2) is 37.7 Å². The molecule has 8 rings (SSSR count). The van der Waals surface area contributed by atoms with Crippen LogP contribution in [0.15, 0.2) is 0 Å². The van der Waals surface area contributed by atoms with Crippen LogP contribution in [0.3, 0.4) is 0 Å². The van der Waals surface area contributed by atoms with E-state index in [-0.39, 0.29) is 0 Å². The Kier molecular flexibility index (Phi) is 34.1. The first-order valence-electron chi connectivity index (χ1n) is 34.9. The Bertz CT molecular complexity index is 3040. The summed E-state index contributed by atoms with van der Waals surface area (Å²) in [4.78, 5) is 50.2. The van der Waals surface area contributed by atoms with Crippen molar-refractivity contribution in [3.05, 3.63) is 0 Å². The Balaban J connectivity index is 1.24. The number of phosphoric ester groups is 1. The Morgan fingerprint density at radius 1 is 0.469 bits per heavy atom. The third-order valence-corrected chi connectivity index (χ3v) is 20.9. The lowest BCUT2D eigenvalue weighted by atomic mass is 9.89. The number of hydrogen-bond acceptors (Lipinski definition) is 49. The van der Waals surface area contributed by atoms with Crippen LogP contribution < -0.4 is 11.1 Å². The molecule has 0 aromatic carbocycles. The minimum atomic E-state index is -5.69. The van der Waals surface area contributed by atoms with Crippen LogP contribution in [0.1, 0.15) is 19.8 Å². The molecule has 44 atom stereocenters. The smallest absolute Gasteiger partial charge is 0.472 e. The standard InChI is InChI=1S/C59H101N2O51P/c1-14(68)61-25-30(78)27(75)21(8-64)99-50(25)106-47-38(86)42(19(73)13-97-52-36(84)33(81)34(82)41(102-52)18(72)12-96-51-35(83)31(79)28(76)22(9-65)100-51)103-54(39(47)87)107-48-40(88)55(104-44(17(71)7-63)49(48)108-53-37(85)32(80)29(77)23(10-66)101-53)105-45-20(109-59(57(91)92)4-15(69)26(74)43(111-59)16(70)6-62)5-58(93,56(89)90)110-46(45)24(11-67)112-113(94,95)98-3-2-60/h15-55,62-67,69-88,93H,2-13,60H2,1H3,(H,61,68)(H,89,90)(H,91,92)(H,94,95)/t15-,16-,17+,18+,19+,20-,21-,22-,23-,24-,25-,26-,27-,28+,29-,30-,31+,32+,33+,34+,35-,36+,37-,38-,39+,40+,41-,42-,43-,44-,45-,46-,47+,48-,49-,50+,51-,52+,53+,54-,55-,58-,59-/m1/s1. The highest BCUT2D eigenvalue weighted by Crippen LogP contribution is 2.49. The zero-order valence-electron chi connectivity index (χ0n) is 59.2. The Morgan fingerprint density at radius 2 is 0.912 bits per heavy atom. The first-order chi connectivity index (χ1) is 53.0. The molecule has 53 nitrogen and oxygen atoms in total. The Morgan fingerprint density at radius 3 is 1.42 bits per heavy atom. The lowest BCUT2D eigenvalue weighted by molar-refractivity contribution is -0.415. The normalized spacial score (nSPS) is 46.6. The van der Waals surface area contributed by atoms with E-state index >= 15 is 0 Å². The summed E-state index contributed by atoms with van der Waals surface area (Å²) in [5.41, 5.74) is 5.43. The van der Waals surface area contributed by atoms with E-state index < -0.39 is 367 Å². The van der Waals surface area contributed by atoms with E-state index in [0.29, 0.717) is 0 Å². The molecule has 0 aliphatic carbocycles. The van der Waals surface area contributed by atoms with Gasteiger partial charge in [0, 0.05) is 26.3 Å². The Labute approximate surface area is 636 Å². The van der Waals surface area contributed by atoms with Crippen LogP contribution in [-0.4, -0.2) is 500 Å². The monoisotopic (exact) mass is 1680 g/mol. The maximum atomic E-state index is 13.6. The van der Waals surface area contributed by atoms with Gasteiger partial charge in [-0.2, -0.15) is 0 Å². The van der Waals surface area contributed by atoms with Gasteiger partial charge in [0.25, 0.3) is 11.6 Å². The number of nitrogens with one attached hydrogen (secondary N) is 1. The largest absolute Gasteiger partial charge is 0.477 e. The summed E-state index contributed by atoms with van der Waals surface area (Å²) in [5, 5.41) is 323. The number of ether oxygens (including phenoxy) is 15. The molecule has 0 bridgehead atoms. The van der Waals surface area contributed by atoms with Crippen LogP contribution in [-0.2, 0) is 99.0 Å².